The number of nitrogens with zero attached hydrogens (tertiary/aromatic N) is 2. The normalized spacial score (nSPS) is 11.5. The summed E-state index contributed by atoms with van der Waals surface area (Å²) in [5.74, 6) is 3.66. The van der Waals surface area contributed by atoms with Gasteiger partial charge in [0.15, 0.2) is 0 Å². The van der Waals surface area contributed by atoms with Gasteiger partial charge in [-0.25, -0.2) is 9.97 Å². The molecule has 1 amide bonds. The van der Waals surface area contributed by atoms with E-state index in [9.17, 15) is 4.79 Å². The van der Waals surface area contributed by atoms with Gasteiger partial charge in [-0.3, -0.25) is 4.79 Å². The highest BCUT2D eigenvalue weighted by atomic mass is 16.1. The lowest BCUT2D eigenvalue weighted by Crippen LogP contribution is -2.24. The van der Waals surface area contributed by atoms with Crippen LogP contribution in [0.25, 0.3) is 0 Å². The smallest absolute Gasteiger partial charge is 0.248 e. The van der Waals surface area contributed by atoms with Gasteiger partial charge >= 0.3 is 0 Å². The van der Waals surface area contributed by atoms with Gasteiger partial charge in [0.1, 0.15) is 18.0 Å². The zero-order chi connectivity index (χ0) is 22.8. The standard InChI is InChI=1S/C25H26N6O/c1-4-19(3)26-13-7-12-25(32)31-22-11-6-10-21(15-22)30-24-16-23(27-17-28-24)29-20-9-5-8-18(2)14-20/h1,5-12,14-17,19,26H,13H2,2-3H3,(H,31,32)(H2,27,28,29,30). The summed E-state index contributed by atoms with van der Waals surface area (Å²) < 4.78 is 0. The molecule has 0 radical (unpaired) electrons. The zero-order valence-electron chi connectivity index (χ0n) is 18.1. The maximum absolute atomic E-state index is 12.1. The number of benzene rings is 2. The van der Waals surface area contributed by atoms with Crippen molar-refractivity contribution >= 4 is 34.6 Å². The lowest BCUT2D eigenvalue weighted by molar-refractivity contribution is -0.111. The summed E-state index contributed by atoms with van der Waals surface area (Å²) in [5.41, 5.74) is 3.57. The van der Waals surface area contributed by atoms with E-state index in [0.717, 1.165) is 16.9 Å². The molecule has 1 aromatic heterocycles. The SMILES string of the molecule is C#CC(C)NCC=CC(=O)Nc1cccc(Nc2cc(Nc3cccc(C)c3)ncn2)c1. The van der Waals surface area contributed by atoms with E-state index in [-0.39, 0.29) is 11.9 Å². The van der Waals surface area contributed by atoms with Crippen molar-refractivity contribution in [2.45, 2.75) is 19.9 Å². The van der Waals surface area contributed by atoms with Gasteiger partial charge < -0.3 is 21.3 Å². The van der Waals surface area contributed by atoms with Crippen LogP contribution in [0.3, 0.4) is 0 Å². The summed E-state index contributed by atoms with van der Waals surface area (Å²) in [7, 11) is 0. The van der Waals surface area contributed by atoms with Crippen molar-refractivity contribution < 1.29 is 4.79 Å². The monoisotopic (exact) mass is 426 g/mol. The average molecular weight is 427 g/mol. The second kappa shape index (κ2) is 11.3. The summed E-state index contributed by atoms with van der Waals surface area (Å²) in [6.45, 7) is 4.44. The lowest BCUT2D eigenvalue weighted by Gasteiger charge is -2.10. The largest absolute Gasteiger partial charge is 0.340 e. The maximum atomic E-state index is 12.1. The van der Waals surface area contributed by atoms with Crippen LogP contribution in [-0.2, 0) is 4.79 Å². The number of anilines is 5. The number of aryl methyl sites for hydroxylation is 1. The Morgan fingerprint density at radius 1 is 1.03 bits per heavy atom. The van der Waals surface area contributed by atoms with Gasteiger partial charge in [-0.1, -0.05) is 30.2 Å². The van der Waals surface area contributed by atoms with Crippen molar-refractivity contribution in [1.82, 2.24) is 15.3 Å². The molecule has 162 valence electrons. The third kappa shape index (κ3) is 7.27. The molecule has 7 heteroatoms. The number of amides is 1. The van der Waals surface area contributed by atoms with Gasteiger partial charge in [-0.15, -0.1) is 6.42 Å². The fraction of sp³-hybridized carbons (Fsp3) is 0.160. The number of terminal acetylenes is 1. The van der Waals surface area contributed by atoms with E-state index < -0.39 is 0 Å². The Labute approximate surface area is 188 Å². The Bertz CT molecular complexity index is 1140. The van der Waals surface area contributed by atoms with Gasteiger partial charge in [0.05, 0.1) is 6.04 Å². The Morgan fingerprint density at radius 3 is 2.38 bits per heavy atom. The molecule has 2 aromatic carbocycles. The third-order valence-electron chi connectivity index (χ3n) is 4.42. The van der Waals surface area contributed by atoms with Gasteiger partial charge in [-0.2, -0.15) is 0 Å². The molecule has 7 nitrogen and oxygen atoms in total. The van der Waals surface area contributed by atoms with Crippen molar-refractivity contribution in [3.05, 3.63) is 78.6 Å². The van der Waals surface area contributed by atoms with Gasteiger partial charge in [0, 0.05) is 35.7 Å². The van der Waals surface area contributed by atoms with E-state index >= 15 is 0 Å². The molecular formula is C25H26N6O. The summed E-state index contributed by atoms with van der Waals surface area (Å²) >= 11 is 0. The third-order valence-corrected chi connectivity index (χ3v) is 4.42. The first kappa shape index (κ1) is 22.5. The fourth-order valence-electron chi connectivity index (χ4n) is 2.84. The van der Waals surface area contributed by atoms with Crippen LogP contribution in [0.15, 0.2) is 73.1 Å². The topological polar surface area (TPSA) is 91.0 Å². The molecule has 4 N–H and O–H groups in total. The van der Waals surface area contributed by atoms with E-state index in [1.54, 1.807) is 6.08 Å². The van der Waals surface area contributed by atoms with E-state index in [1.807, 2.05) is 68.4 Å². The number of aromatic nitrogens is 2. The van der Waals surface area contributed by atoms with Crippen LogP contribution >= 0.6 is 0 Å². The van der Waals surface area contributed by atoms with Crippen molar-refractivity contribution in [1.29, 1.82) is 0 Å². The van der Waals surface area contributed by atoms with E-state index in [1.165, 1.54) is 12.4 Å². The molecule has 1 atom stereocenters. The average Bonchev–Trinajstić information content (AvgIpc) is 2.77. The van der Waals surface area contributed by atoms with E-state index in [2.05, 4.69) is 37.2 Å². The summed E-state index contributed by atoms with van der Waals surface area (Å²) in [6, 6.07) is 17.2. The molecule has 0 aliphatic heterocycles. The predicted molar refractivity (Wildman–Crippen MR) is 130 cm³/mol. The first-order valence-electron chi connectivity index (χ1n) is 10.2. The van der Waals surface area contributed by atoms with E-state index in [0.29, 0.717) is 23.9 Å². The van der Waals surface area contributed by atoms with Crippen LogP contribution in [0.2, 0.25) is 0 Å². The summed E-state index contributed by atoms with van der Waals surface area (Å²) in [6.07, 6.45) is 10.00. The lowest BCUT2D eigenvalue weighted by atomic mass is 10.2. The number of carbonyl (C=O) groups is 1. The molecular weight excluding hydrogens is 400 g/mol. The molecule has 32 heavy (non-hydrogen) atoms. The van der Waals surface area contributed by atoms with Gasteiger partial charge in [0.25, 0.3) is 0 Å². The molecule has 0 saturated carbocycles. The highest BCUT2D eigenvalue weighted by Crippen LogP contribution is 2.22. The molecule has 0 aliphatic carbocycles. The number of hydrogen-bond donors (Lipinski definition) is 4. The molecule has 1 unspecified atom stereocenters. The number of hydrogen-bond acceptors (Lipinski definition) is 6. The molecule has 0 bridgehead atoms. The van der Waals surface area contributed by atoms with Crippen LogP contribution in [0.4, 0.5) is 28.7 Å². The predicted octanol–water partition coefficient (Wildman–Crippen LogP) is 4.38. The Kier molecular flexibility index (Phi) is 7.96. The van der Waals surface area contributed by atoms with Crippen molar-refractivity contribution in [3.8, 4) is 12.3 Å². The van der Waals surface area contributed by atoms with Gasteiger partial charge in [0.2, 0.25) is 5.91 Å². The number of rotatable bonds is 9. The Hall–Kier alpha value is -4.15. The minimum Gasteiger partial charge on any atom is -0.340 e. The fourth-order valence-corrected chi connectivity index (χ4v) is 2.84. The highest BCUT2D eigenvalue weighted by Gasteiger charge is 2.03. The molecule has 0 spiro atoms. The van der Waals surface area contributed by atoms with E-state index in [4.69, 9.17) is 6.42 Å². The number of nitrogens with one attached hydrogen (secondary N) is 4. The molecule has 0 fully saturated rings. The minimum atomic E-state index is -0.219. The zero-order valence-corrected chi connectivity index (χ0v) is 18.1. The van der Waals surface area contributed by atoms with Crippen molar-refractivity contribution in [3.63, 3.8) is 0 Å². The second-order valence-corrected chi connectivity index (χ2v) is 7.18. The molecule has 3 aromatic rings. The Balaban J connectivity index is 1.59. The van der Waals surface area contributed by atoms with Gasteiger partial charge in [-0.05, 0) is 49.7 Å². The van der Waals surface area contributed by atoms with Crippen molar-refractivity contribution in [2.75, 3.05) is 22.5 Å². The second-order valence-electron chi connectivity index (χ2n) is 7.18. The van der Waals surface area contributed by atoms with Crippen molar-refractivity contribution in [2.24, 2.45) is 0 Å². The van der Waals surface area contributed by atoms with Crippen LogP contribution in [0.1, 0.15) is 12.5 Å². The Morgan fingerprint density at radius 2 is 1.69 bits per heavy atom. The summed E-state index contributed by atoms with van der Waals surface area (Å²) in [5, 5.41) is 12.4. The minimum absolute atomic E-state index is 0.0419. The quantitative estimate of drug-likeness (QED) is 0.300. The van der Waals surface area contributed by atoms with Crippen LogP contribution in [0, 0.1) is 19.3 Å². The molecule has 1 heterocycles. The van der Waals surface area contributed by atoms with Crippen LogP contribution in [0.5, 0.6) is 0 Å². The first-order valence-corrected chi connectivity index (χ1v) is 10.2. The molecule has 3 rings (SSSR count). The maximum Gasteiger partial charge on any atom is 0.248 e. The first-order chi connectivity index (χ1) is 15.5. The van der Waals surface area contributed by atoms with Crippen LogP contribution in [-0.4, -0.2) is 28.5 Å². The van der Waals surface area contributed by atoms with Crippen LogP contribution < -0.4 is 21.3 Å². The highest BCUT2D eigenvalue weighted by molar-refractivity contribution is 5.99. The molecule has 0 saturated heterocycles. The molecule has 0 aliphatic rings. The number of carbonyl (C=O) groups excluding carboxylic acids is 1. The summed E-state index contributed by atoms with van der Waals surface area (Å²) in [4.78, 5) is 20.7.